The second-order valence-corrected chi connectivity index (χ2v) is 21.5. The van der Waals surface area contributed by atoms with Crippen LogP contribution >= 0.6 is 0 Å². The van der Waals surface area contributed by atoms with Crippen LogP contribution in [-0.2, 0) is 76.4 Å². The van der Waals surface area contributed by atoms with Gasteiger partial charge in [0.1, 0.15) is 118 Å². The normalized spacial score (nSPS) is 10.7. The molecule has 94 heavy (non-hydrogen) atoms. The Morgan fingerprint density at radius 2 is 0.745 bits per heavy atom. The smallest absolute Gasteiger partial charge is 0.330 e. The number of benzene rings is 3. The van der Waals surface area contributed by atoms with Gasteiger partial charge in [-0.2, -0.15) is 0 Å². The van der Waals surface area contributed by atoms with Gasteiger partial charge in [0.2, 0.25) is 23.6 Å². The van der Waals surface area contributed by atoms with Gasteiger partial charge in [-0.1, -0.05) is 19.6 Å². The predicted octanol–water partition coefficient (Wildman–Crippen LogP) is 3.25. The summed E-state index contributed by atoms with van der Waals surface area (Å²) in [4.78, 5) is 151. The molecule has 0 aliphatic heterocycles. The third-order valence-electron chi connectivity index (χ3n) is 11.5. The predicted molar refractivity (Wildman–Crippen MR) is 334 cm³/mol. The maximum absolute atomic E-state index is 12.0. The van der Waals surface area contributed by atoms with E-state index in [1.54, 1.807) is 19.2 Å². The number of esters is 5. The van der Waals surface area contributed by atoms with Gasteiger partial charge in [-0.25, -0.2) is 4.79 Å². The molecule has 4 amide bonds. The standard InChI is InChI=1S/C32H38N2O12.C21H28N2O8.C12H20O5/c1-20(33-25(35)18-27(37)45-16-14-43-23-10-6-21(7-11-23)29(39)31(2,3)41)34-26(36)19-28(38)46-17-15-44-24-12-8-22(9-13-24)30(40)32(4,5)42;1-14(24)12-17(25)22-8-9-23-18(26)13-19(27)31-11-10-30-16-6-4-15(5-7-16)20(28)21(2,3)29;1-3-11(13)16-9-10-17-12(14)7-5-4-6-8-15-2/h6-13,41-42H,1,14-19H2,2-5H3,(H,33,35)(H,34,36);4-7,29H,8-13H2,1-3H3,(H,22,25)(H,23,26);3H,1,4-10H2,2H3. The van der Waals surface area contributed by atoms with E-state index < -0.39 is 101 Å². The van der Waals surface area contributed by atoms with Crippen LogP contribution in [0.2, 0.25) is 0 Å². The van der Waals surface area contributed by atoms with Crippen LogP contribution in [0.25, 0.3) is 0 Å². The topological polar surface area (TPSA) is 414 Å². The molecular weight excluding hydrogens is 1240 g/mol. The molecule has 29 nitrogen and oxygen atoms in total. The minimum atomic E-state index is -1.51. The average molecular weight is 1320 g/mol. The summed E-state index contributed by atoms with van der Waals surface area (Å²) in [5.41, 5.74) is -3.52. The van der Waals surface area contributed by atoms with Crippen LogP contribution < -0.4 is 35.5 Å². The van der Waals surface area contributed by atoms with Crippen LogP contribution in [-0.4, -0.2) is 188 Å². The van der Waals surface area contributed by atoms with E-state index in [0.717, 1.165) is 25.3 Å². The Hall–Kier alpha value is -9.71. The summed E-state index contributed by atoms with van der Waals surface area (Å²) in [6, 6.07) is 18.2. The van der Waals surface area contributed by atoms with E-state index in [1.807, 2.05) is 0 Å². The fourth-order valence-electron chi connectivity index (χ4n) is 6.99. The third kappa shape index (κ3) is 38.9. The Balaban J connectivity index is 0.000000789. The first-order valence-corrected chi connectivity index (χ1v) is 29.4. The number of nitrogens with one attached hydrogen (secondary N) is 4. The van der Waals surface area contributed by atoms with E-state index in [9.17, 15) is 77.6 Å². The van der Waals surface area contributed by atoms with Crippen molar-refractivity contribution in [3.05, 3.63) is 115 Å². The van der Waals surface area contributed by atoms with Crippen molar-refractivity contribution in [3.8, 4) is 17.2 Å². The maximum Gasteiger partial charge on any atom is 0.330 e. The maximum atomic E-state index is 12.0. The summed E-state index contributed by atoms with van der Waals surface area (Å²) in [5, 5.41) is 38.6. The lowest BCUT2D eigenvalue weighted by Crippen LogP contribution is -2.36. The number of Topliss-reactive ketones (excluding diaryl/α,β-unsaturated/α-hetero) is 4. The van der Waals surface area contributed by atoms with E-state index in [0.29, 0.717) is 47.0 Å². The summed E-state index contributed by atoms with van der Waals surface area (Å²) in [6.07, 6.45) is 2.08. The van der Waals surface area contributed by atoms with Crippen LogP contribution in [0.3, 0.4) is 0 Å². The number of aliphatic hydroxyl groups is 3. The highest BCUT2D eigenvalue weighted by atomic mass is 16.6. The highest BCUT2D eigenvalue weighted by Gasteiger charge is 2.27. The molecule has 0 saturated carbocycles. The zero-order chi connectivity index (χ0) is 70.9. The fourth-order valence-corrected chi connectivity index (χ4v) is 6.99. The average Bonchev–Trinajstić information content (AvgIpc) is 0.922. The van der Waals surface area contributed by atoms with Gasteiger partial charge in [-0.15, -0.1) is 0 Å². The highest BCUT2D eigenvalue weighted by Crippen LogP contribution is 2.20. The van der Waals surface area contributed by atoms with Crippen molar-refractivity contribution in [1.82, 2.24) is 21.3 Å². The molecule has 0 aliphatic rings. The van der Waals surface area contributed by atoms with Crippen molar-refractivity contribution in [2.75, 3.05) is 79.7 Å². The number of carbonyl (C=O) groups is 13. The summed E-state index contributed by atoms with van der Waals surface area (Å²) in [6.45, 7) is 17.1. The zero-order valence-electron chi connectivity index (χ0n) is 54.2. The van der Waals surface area contributed by atoms with E-state index in [2.05, 4.69) is 39.2 Å². The molecule has 3 rings (SSSR count). The highest BCUT2D eigenvalue weighted by molar-refractivity contribution is 6.03. The van der Waals surface area contributed by atoms with Crippen LogP contribution in [0.4, 0.5) is 0 Å². The Morgan fingerprint density at radius 1 is 0.426 bits per heavy atom. The Kier molecular flexibility index (Phi) is 38.5. The largest absolute Gasteiger partial charge is 0.490 e. The molecule has 0 aliphatic carbocycles. The quantitative estimate of drug-likeness (QED) is 0.0107. The number of ether oxygens (including phenoxy) is 9. The molecule has 3 aromatic rings. The van der Waals surface area contributed by atoms with Crippen LogP contribution in [0.15, 0.2) is 97.9 Å². The second kappa shape index (κ2) is 43.9. The van der Waals surface area contributed by atoms with Gasteiger partial charge in [0, 0.05) is 56.0 Å². The summed E-state index contributed by atoms with van der Waals surface area (Å²) in [5.74, 6) is -6.44. The van der Waals surface area contributed by atoms with Crippen molar-refractivity contribution in [1.29, 1.82) is 0 Å². The minimum Gasteiger partial charge on any atom is -0.490 e. The molecule has 0 saturated heterocycles. The van der Waals surface area contributed by atoms with Gasteiger partial charge in [0.05, 0.1) is 6.42 Å². The number of hydrogen-bond donors (Lipinski definition) is 7. The second-order valence-electron chi connectivity index (χ2n) is 21.5. The number of carbonyl (C=O) groups excluding carboxylic acids is 13. The lowest BCUT2D eigenvalue weighted by atomic mass is 9.97. The molecule has 0 unspecified atom stereocenters. The molecule has 29 heteroatoms. The van der Waals surface area contributed by atoms with Gasteiger partial charge in [-0.3, -0.25) is 57.5 Å². The van der Waals surface area contributed by atoms with Crippen LogP contribution in [0.5, 0.6) is 17.2 Å². The first-order chi connectivity index (χ1) is 44.1. The molecule has 516 valence electrons. The molecule has 3 aromatic carbocycles. The molecule has 0 heterocycles. The number of amides is 4. The van der Waals surface area contributed by atoms with Crippen LogP contribution in [0, 0.1) is 0 Å². The van der Waals surface area contributed by atoms with Crippen LogP contribution in [0.1, 0.15) is 131 Å². The molecular formula is C65H86N4O25. The number of ketones is 4. The summed E-state index contributed by atoms with van der Waals surface area (Å²) < 4.78 is 45.4. The molecule has 0 radical (unpaired) electrons. The Morgan fingerprint density at radius 3 is 1.07 bits per heavy atom. The van der Waals surface area contributed by atoms with E-state index in [-0.39, 0.29) is 89.9 Å². The number of unbranched alkanes of at least 4 members (excludes halogenated alkanes) is 2. The van der Waals surface area contributed by atoms with Crippen molar-refractivity contribution in [2.45, 2.75) is 117 Å². The van der Waals surface area contributed by atoms with E-state index >= 15 is 0 Å². The molecule has 0 spiro atoms. The first kappa shape index (κ1) is 82.3. The zero-order valence-corrected chi connectivity index (χ0v) is 54.2. The number of hydrogen-bond acceptors (Lipinski definition) is 25. The molecule has 0 bridgehead atoms. The number of methoxy groups -OCH3 is 1. The van der Waals surface area contributed by atoms with Gasteiger partial charge in [0.25, 0.3) is 0 Å². The molecule has 0 aromatic heterocycles. The SMILES string of the molecule is C=C(NC(=O)CC(=O)OCCOc1ccc(C(=O)C(C)(C)O)cc1)NC(=O)CC(=O)OCCOc1ccc(C(=O)C(C)(C)O)cc1.C=CC(=O)OCCOC(=O)CCCCCOC.CC(=O)CC(=O)NCCNC(=O)CC(=O)OCCOc1ccc(C(=O)C(C)(C)O)cc1. The van der Waals surface area contributed by atoms with Crippen molar-refractivity contribution < 1.29 is 120 Å². The van der Waals surface area contributed by atoms with Crippen molar-refractivity contribution in [2.24, 2.45) is 0 Å². The van der Waals surface area contributed by atoms with Gasteiger partial charge < -0.3 is 79.2 Å². The van der Waals surface area contributed by atoms with Gasteiger partial charge >= 0.3 is 29.8 Å². The summed E-state index contributed by atoms with van der Waals surface area (Å²) >= 11 is 0. The Bertz CT molecular complexity index is 2900. The molecule has 7 N–H and O–H groups in total. The first-order valence-electron chi connectivity index (χ1n) is 29.4. The fraction of sp³-hybridized carbons (Fsp3) is 0.462. The van der Waals surface area contributed by atoms with Gasteiger partial charge in [-0.05, 0) is 134 Å². The lowest BCUT2D eigenvalue weighted by Gasteiger charge is -2.15. The minimum absolute atomic E-state index is 0.0313. The number of rotatable bonds is 41. The van der Waals surface area contributed by atoms with E-state index in [4.69, 9.17) is 37.9 Å². The van der Waals surface area contributed by atoms with Crippen molar-refractivity contribution in [3.63, 3.8) is 0 Å². The molecule has 0 fully saturated rings. The lowest BCUT2D eigenvalue weighted by molar-refractivity contribution is -0.149. The van der Waals surface area contributed by atoms with Gasteiger partial charge in [0.15, 0.2) is 17.3 Å². The Labute approximate surface area is 544 Å². The van der Waals surface area contributed by atoms with Crippen molar-refractivity contribution >= 4 is 76.6 Å². The third-order valence-corrected chi connectivity index (χ3v) is 11.5. The monoisotopic (exact) mass is 1320 g/mol. The van der Waals surface area contributed by atoms with E-state index in [1.165, 1.54) is 109 Å². The summed E-state index contributed by atoms with van der Waals surface area (Å²) in [7, 11) is 1.65. The molecule has 0 atom stereocenters.